The van der Waals surface area contributed by atoms with Gasteiger partial charge < -0.3 is 9.84 Å². The Morgan fingerprint density at radius 1 is 1.33 bits per heavy atom. The lowest BCUT2D eigenvalue weighted by Crippen LogP contribution is -2.37. The van der Waals surface area contributed by atoms with Gasteiger partial charge in [0.25, 0.3) is 0 Å². The van der Waals surface area contributed by atoms with Crippen LogP contribution >= 0.6 is 0 Å². The molecule has 0 heterocycles. The Bertz CT molecular complexity index is 98.5. The summed E-state index contributed by atoms with van der Waals surface area (Å²) in [6.07, 6.45) is 1.54. The summed E-state index contributed by atoms with van der Waals surface area (Å²) in [6, 6.07) is 0. The Morgan fingerprint density at radius 3 is 2.42 bits per heavy atom. The zero-order valence-electron chi connectivity index (χ0n) is 8.42. The third-order valence-corrected chi connectivity index (χ3v) is 1.83. The first-order valence-electron chi connectivity index (χ1n) is 4.79. The van der Waals surface area contributed by atoms with E-state index in [4.69, 9.17) is 4.74 Å². The molecule has 0 bridgehead atoms. The van der Waals surface area contributed by atoms with Crippen molar-refractivity contribution in [3.63, 3.8) is 0 Å². The minimum atomic E-state index is -0.716. The maximum Gasteiger partial charge on any atom is 0.216 e. The molecule has 0 aliphatic carbocycles. The van der Waals surface area contributed by atoms with Gasteiger partial charge in [-0.25, -0.2) is 0 Å². The molecule has 74 valence electrons. The molecule has 0 fully saturated rings. The van der Waals surface area contributed by atoms with Gasteiger partial charge in [0.05, 0.1) is 0 Å². The second-order valence-electron chi connectivity index (χ2n) is 2.76. The lowest BCUT2D eigenvalue weighted by atomic mass is 10.3. The lowest BCUT2D eigenvalue weighted by Gasteiger charge is -2.25. The average molecular weight is 175 g/mol. The van der Waals surface area contributed by atoms with E-state index in [2.05, 4.69) is 6.92 Å². The van der Waals surface area contributed by atoms with Gasteiger partial charge in [-0.05, 0) is 19.9 Å². The lowest BCUT2D eigenvalue weighted by molar-refractivity contribution is -0.189. The molecule has 0 aromatic carbocycles. The Hall–Kier alpha value is -0.120. The van der Waals surface area contributed by atoms with E-state index < -0.39 is 6.41 Å². The molecule has 0 saturated carbocycles. The van der Waals surface area contributed by atoms with Crippen molar-refractivity contribution in [2.75, 3.05) is 19.7 Å². The first kappa shape index (κ1) is 11.9. The van der Waals surface area contributed by atoms with Gasteiger partial charge in [-0.2, -0.15) is 0 Å². The van der Waals surface area contributed by atoms with Gasteiger partial charge in [0.15, 0.2) is 0 Å². The third kappa shape index (κ3) is 4.70. The first-order valence-corrected chi connectivity index (χ1v) is 4.79. The predicted molar refractivity (Wildman–Crippen MR) is 49.8 cm³/mol. The summed E-state index contributed by atoms with van der Waals surface area (Å²) in [4.78, 5) is 1.92. The first-order chi connectivity index (χ1) is 5.76. The molecule has 0 radical (unpaired) electrons. The maximum absolute atomic E-state index is 9.44. The number of unbranched alkanes of at least 4 members (excludes halogenated alkanes) is 1. The highest BCUT2D eigenvalue weighted by Crippen LogP contribution is 2.00. The average Bonchev–Trinajstić information content (AvgIpc) is 2.06. The number of rotatable bonds is 7. The molecule has 1 unspecified atom stereocenters. The standard InChI is InChI=1S/C9H21NO2/c1-4-7-8-10(5-2)9(11)12-6-3/h9,11H,4-8H2,1-3H3. The van der Waals surface area contributed by atoms with Crippen molar-refractivity contribution in [1.29, 1.82) is 0 Å². The summed E-state index contributed by atoms with van der Waals surface area (Å²) >= 11 is 0. The van der Waals surface area contributed by atoms with E-state index >= 15 is 0 Å². The Morgan fingerprint density at radius 2 is 2.00 bits per heavy atom. The van der Waals surface area contributed by atoms with Gasteiger partial charge in [-0.15, -0.1) is 0 Å². The summed E-state index contributed by atoms with van der Waals surface area (Å²) < 4.78 is 5.07. The summed E-state index contributed by atoms with van der Waals surface area (Å²) in [5.41, 5.74) is 0. The van der Waals surface area contributed by atoms with Gasteiger partial charge in [0.1, 0.15) is 0 Å². The molecule has 0 saturated heterocycles. The van der Waals surface area contributed by atoms with Crippen LogP contribution in [0.25, 0.3) is 0 Å². The van der Waals surface area contributed by atoms with Crippen molar-refractivity contribution < 1.29 is 9.84 Å². The molecule has 1 atom stereocenters. The van der Waals surface area contributed by atoms with Crippen LogP contribution in [0.3, 0.4) is 0 Å². The Balaban J connectivity index is 3.62. The van der Waals surface area contributed by atoms with Crippen LogP contribution in [0, 0.1) is 0 Å². The van der Waals surface area contributed by atoms with E-state index in [0.717, 1.165) is 25.9 Å². The third-order valence-electron chi connectivity index (χ3n) is 1.83. The fraction of sp³-hybridized carbons (Fsp3) is 1.00. The van der Waals surface area contributed by atoms with E-state index in [0.29, 0.717) is 6.61 Å². The van der Waals surface area contributed by atoms with Gasteiger partial charge in [-0.1, -0.05) is 20.3 Å². The quantitative estimate of drug-likeness (QED) is 0.594. The van der Waals surface area contributed by atoms with Gasteiger partial charge in [-0.3, -0.25) is 4.90 Å². The molecule has 0 spiro atoms. The minimum Gasteiger partial charge on any atom is -0.356 e. The minimum absolute atomic E-state index is 0.559. The fourth-order valence-corrected chi connectivity index (χ4v) is 1.04. The fourth-order valence-electron chi connectivity index (χ4n) is 1.04. The molecule has 0 aliphatic heterocycles. The SMILES string of the molecule is CCCCN(CC)C(O)OCC. The van der Waals surface area contributed by atoms with Crippen LogP contribution in [0.1, 0.15) is 33.6 Å². The van der Waals surface area contributed by atoms with E-state index in [1.54, 1.807) is 0 Å². The number of hydrogen-bond donors (Lipinski definition) is 1. The normalized spacial score (nSPS) is 13.8. The van der Waals surface area contributed by atoms with Crippen LogP contribution in [-0.4, -0.2) is 36.1 Å². The number of ether oxygens (including phenoxy) is 1. The predicted octanol–water partition coefficient (Wildman–Crippen LogP) is 1.42. The molecule has 0 amide bonds. The summed E-state index contributed by atoms with van der Waals surface area (Å²) in [7, 11) is 0. The highest BCUT2D eigenvalue weighted by Gasteiger charge is 2.11. The molecule has 0 aromatic rings. The largest absolute Gasteiger partial charge is 0.356 e. The topological polar surface area (TPSA) is 32.7 Å². The van der Waals surface area contributed by atoms with Gasteiger partial charge >= 0.3 is 0 Å². The van der Waals surface area contributed by atoms with Crippen LogP contribution in [0.15, 0.2) is 0 Å². The van der Waals surface area contributed by atoms with Crippen LogP contribution in [0.4, 0.5) is 0 Å². The molecule has 0 aromatic heterocycles. The van der Waals surface area contributed by atoms with Crippen LogP contribution in [0.5, 0.6) is 0 Å². The second kappa shape index (κ2) is 7.53. The Labute approximate surface area is 75.3 Å². The van der Waals surface area contributed by atoms with Gasteiger partial charge in [0, 0.05) is 13.2 Å². The van der Waals surface area contributed by atoms with E-state index in [1.165, 1.54) is 0 Å². The smallest absolute Gasteiger partial charge is 0.216 e. The van der Waals surface area contributed by atoms with Crippen molar-refractivity contribution in [3.8, 4) is 0 Å². The molecule has 3 nitrogen and oxygen atoms in total. The molecular formula is C9H21NO2. The monoisotopic (exact) mass is 175 g/mol. The maximum atomic E-state index is 9.44. The summed E-state index contributed by atoms with van der Waals surface area (Å²) in [5, 5.41) is 9.44. The highest BCUT2D eigenvalue weighted by atomic mass is 16.6. The molecule has 0 aliphatic rings. The van der Waals surface area contributed by atoms with Crippen molar-refractivity contribution in [3.05, 3.63) is 0 Å². The number of nitrogens with zero attached hydrogens (tertiary/aromatic N) is 1. The van der Waals surface area contributed by atoms with Crippen molar-refractivity contribution >= 4 is 0 Å². The zero-order valence-corrected chi connectivity index (χ0v) is 8.42. The van der Waals surface area contributed by atoms with E-state index in [1.807, 2.05) is 18.7 Å². The van der Waals surface area contributed by atoms with Crippen LogP contribution < -0.4 is 0 Å². The summed E-state index contributed by atoms with van der Waals surface area (Å²) in [5.74, 6) is 0. The van der Waals surface area contributed by atoms with Crippen molar-refractivity contribution in [2.24, 2.45) is 0 Å². The van der Waals surface area contributed by atoms with Crippen LogP contribution in [0.2, 0.25) is 0 Å². The number of aliphatic hydroxyl groups is 1. The van der Waals surface area contributed by atoms with Crippen molar-refractivity contribution in [2.45, 2.75) is 40.0 Å². The molecule has 12 heavy (non-hydrogen) atoms. The van der Waals surface area contributed by atoms with E-state index in [9.17, 15) is 5.11 Å². The van der Waals surface area contributed by atoms with E-state index in [-0.39, 0.29) is 0 Å². The van der Waals surface area contributed by atoms with Crippen LogP contribution in [-0.2, 0) is 4.74 Å². The zero-order chi connectivity index (χ0) is 9.40. The molecule has 3 heteroatoms. The number of hydrogen-bond acceptors (Lipinski definition) is 3. The number of aliphatic hydroxyl groups excluding tert-OH is 1. The van der Waals surface area contributed by atoms with Crippen molar-refractivity contribution in [1.82, 2.24) is 4.90 Å². The second-order valence-corrected chi connectivity index (χ2v) is 2.76. The molecule has 1 N–H and O–H groups in total. The molecule has 0 rings (SSSR count). The summed E-state index contributed by atoms with van der Waals surface area (Å²) in [6.45, 7) is 8.36. The molecular weight excluding hydrogens is 154 g/mol. The highest BCUT2D eigenvalue weighted by molar-refractivity contribution is 4.52. The van der Waals surface area contributed by atoms with Gasteiger partial charge in [0.2, 0.25) is 6.41 Å². The Kier molecular flexibility index (Phi) is 7.45.